The summed E-state index contributed by atoms with van der Waals surface area (Å²) in [6, 6.07) is 8.39. The number of amides is 1. The van der Waals surface area contributed by atoms with Crippen molar-refractivity contribution >= 4 is 39.8 Å². The van der Waals surface area contributed by atoms with Gasteiger partial charge in [0.1, 0.15) is 5.75 Å². The number of carbonyl (C=O) groups excluding carboxylic acids is 1. The third-order valence-electron chi connectivity index (χ3n) is 4.64. The lowest BCUT2D eigenvalue weighted by molar-refractivity contribution is -0.134. The first-order valence-corrected chi connectivity index (χ1v) is 11.1. The maximum atomic E-state index is 12.6. The second-order valence-corrected chi connectivity index (χ2v) is 8.85. The van der Waals surface area contributed by atoms with E-state index in [2.05, 4.69) is 29.4 Å². The molecule has 1 aliphatic heterocycles. The number of carbonyl (C=O) groups is 1. The van der Waals surface area contributed by atoms with Gasteiger partial charge in [-0.3, -0.25) is 4.79 Å². The van der Waals surface area contributed by atoms with Gasteiger partial charge in [0.15, 0.2) is 4.34 Å². The third-order valence-corrected chi connectivity index (χ3v) is 6.59. The highest BCUT2D eigenvalue weighted by molar-refractivity contribution is 8.01. The van der Waals surface area contributed by atoms with Crippen LogP contribution in [-0.2, 0) is 4.79 Å². The molecule has 2 atom stereocenters. The predicted octanol–water partition coefficient (Wildman–Crippen LogP) is 4.56. The SMILES string of the molecule is CCOc1ccccc1Nc1nnc(SCC(=O)N2[C@H](C)CCC[C@@H]2C)s1. The maximum Gasteiger partial charge on any atom is 0.233 e. The molecule has 0 unspecified atom stereocenters. The van der Waals surface area contributed by atoms with Gasteiger partial charge in [-0.2, -0.15) is 0 Å². The molecule has 1 N–H and O–H groups in total. The molecule has 1 saturated heterocycles. The van der Waals surface area contributed by atoms with Crippen molar-refractivity contribution in [1.82, 2.24) is 15.1 Å². The number of para-hydroxylation sites is 2. The van der Waals surface area contributed by atoms with E-state index < -0.39 is 0 Å². The van der Waals surface area contributed by atoms with Gasteiger partial charge >= 0.3 is 0 Å². The van der Waals surface area contributed by atoms with Crippen molar-refractivity contribution in [2.45, 2.75) is 56.5 Å². The first-order chi connectivity index (χ1) is 13.1. The molecule has 0 saturated carbocycles. The monoisotopic (exact) mass is 406 g/mol. The van der Waals surface area contributed by atoms with E-state index in [0.717, 1.165) is 28.6 Å². The Morgan fingerprint density at radius 2 is 2.04 bits per heavy atom. The van der Waals surface area contributed by atoms with Crippen molar-refractivity contribution in [3.05, 3.63) is 24.3 Å². The molecule has 0 radical (unpaired) electrons. The molecule has 3 rings (SSSR count). The van der Waals surface area contributed by atoms with E-state index in [9.17, 15) is 4.79 Å². The van der Waals surface area contributed by atoms with Gasteiger partial charge in [0.25, 0.3) is 0 Å². The van der Waals surface area contributed by atoms with Gasteiger partial charge in [0.05, 0.1) is 18.0 Å². The van der Waals surface area contributed by atoms with Crippen molar-refractivity contribution < 1.29 is 9.53 Å². The van der Waals surface area contributed by atoms with Gasteiger partial charge in [0, 0.05) is 12.1 Å². The van der Waals surface area contributed by atoms with Crippen molar-refractivity contribution in [2.75, 3.05) is 17.7 Å². The molecule has 2 heterocycles. The van der Waals surface area contributed by atoms with Crippen molar-refractivity contribution in [2.24, 2.45) is 0 Å². The summed E-state index contributed by atoms with van der Waals surface area (Å²) in [6.07, 6.45) is 3.38. The van der Waals surface area contributed by atoms with Gasteiger partial charge in [-0.15, -0.1) is 10.2 Å². The molecule has 0 aliphatic carbocycles. The van der Waals surface area contributed by atoms with Crippen LogP contribution in [-0.4, -0.2) is 45.4 Å². The van der Waals surface area contributed by atoms with Crippen molar-refractivity contribution in [3.63, 3.8) is 0 Å². The molecule has 27 heavy (non-hydrogen) atoms. The van der Waals surface area contributed by atoms with Gasteiger partial charge in [-0.25, -0.2) is 0 Å². The molecular formula is C19H26N4O2S2. The van der Waals surface area contributed by atoms with E-state index in [-0.39, 0.29) is 5.91 Å². The Balaban J connectivity index is 1.57. The number of aromatic nitrogens is 2. The molecule has 1 aliphatic rings. The third kappa shape index (κ3) is 5.13. The molecule has 146 valence electrons. The zero-order chi connectivity index (χ0) is 19.2. The van der Waals surface area contributed by atoms with Crippen LogP contribution in [0.15, 0.2) is 28.6 Å². The minimum Gasteiger partial charge on any atom is -0.492 e. The number of rotatable bonds is 7. The molecule has 8 heteroatoms. The molecular weight excluding hydrogens is 380 g/mol. The molecule has 0 bridgehead atoms. The van der Waals surface area contributed by atoms with E-state index in [4.69, 9.17) is 4.74 Å². The van der Waals surface area contributed by atoms with Crippen LogP contribution in [0.5, 0.6) is 5.75 Å². The topological polar surface area (TPSA) is 67.3 Å². The van der Waals surface area contributed by atoms with Crippen LogP contribution in [0, 0.1) is 0 Å². The van der Waals surface area contributed by atoms with Crippen LogP contribution in [0.1, 0.15) is 40.0 Å². The Kier molecular flexibility index (Phi) is 6.95. The average Bonchev–Trinajstić information content (AvgIpc) is 3.09. The zero-order valence-corrected chi connectivity index (χ0v) is 17.6. The van der Waals surface area contributed by atoms with Crippen LogP contribution in [0.2, 0.25) is 0 Å². The highest BCUT2D eigenvalue weighted by Gasteiger charge is 2.28. The maximum absolute atomic E-state index is 12.6. The number of thioether (sulfide) groups is 1. The summed E-state index contributed by atoms with van der Waals surface area (Å²) in [6.45, 7) is 6.84. The fraction of sp³-hybridized carbons (Fsp3) is 0.526. The van der Waals surface area contributed by atoms with Gasteiger partial charge in [0.2, 0.25) is 11.0 Å². The predicted molar refractivity (Wildman–Crippen MR) is 111 cm³/mol. The lowest BCUT2D eigenvalue weighted by atomic mass is 9.98. The molecule has 6 nitrogen and oxygen atoms in total. The normalized spacial score (nSPS) is 19.7. The van der Waals surface area contributed by atoms with Gasteiger partial charge in [-0.1, -0.05) is 35.2 Å². The Hall–Kier alpha value is -1.80. The second kappa shape index (κ2) is 9.41. The van der Waals surface area contributed by atoms with Crippen LogP contribution in [0.4, 0.5) is 10.8 Å². The summed E-state index contributed by atoms with van der Waals surface area (Å²) in [5.41, 5.74) is 0.860. The zero-order valence-electron chi connectivity index (χ0n) is 16.0. The Labute approximate surface area is 168 Å². The number of nitrogens with one attached hydrogen (secondary N) is 1. The molecule has 1 aromatic heterocycles. The van der Waals surface area contributed by atoms with E-state index in [1.54, 1.807) is 0 Å². The standard InChI is InChI=1S/C19H26N4O2S2/c1-4-25-16-11-6-5-10-15(16)20-18-21-22-19(27-18)26-12-17(24)23-13(2)8-7-9-14(23)3/h5-6,10-11,13-14H,4,7-9,12H2,1-3H3,(H,20,21)/t13-,14+. The summed E-state index contributed by atoms with van der Waals surface area (Å²) in [5, 5.41) is 12.3. The highest BCUT2D eigenvalue weighted by Crippen LogP contribution is 2.32. The average molecular weight is 407 g/mol. The van der Waals surface area contributed by atoms with Crippen molar-refractivity contribution in [1.29, 1.82) is 0 Å². The lowest BCUT2D eigenvalue weighted by Crippen LogP contribution is -2.48. The molecule has 0 spiro atoms. The van der Waals surface area contributed by atoms with E-state index in [1.807, 2.05) is 36.1 Å². The number of nitrogens with zero attached hydrogens (tertiary/aromatic N) is 3. The van der Waals surface area contributed by atoms with Crippen LogP contribution in [0.25, 0.3) is 0 Å². The quantitative estimate of drug-likeness (QED) is 0.680. The summed E-state index contributed by atoms with van der Waals surface area (Å²) in [7, 11) is 0. The lowest BCUT2D eigenvalue weighted by Gasteiger charge is -2.39. The fourth-order valence-corrected chi connectivity index (χ4v) is 5.03. The minimum atomic E-state index is 0.186. The largest absolute Gasteiger partial charge is 0.492 e. The number of hydrogen-bond acceptors (Lipinski definition) is 7. The number of ether oxygens (including phenoxy) is 1. The minimum absolute atomic E-state index is 0.186. The fourth-order valence-electron chi connectivity index (χ4n) is 3.40. The number of anilines is 2. The number of likely N-dealkylation sites (tertiary alicyclic amines) is 1. The summed E-state index contributed by atoms with van der Waals surface area (Å²) < 4.78 is 6.41. The van der Waals surface area contributed by atoms with Crippen LogP contribution in [0.3, 0.4) is 0 Å². The Morgan fingerprint density at radius 3 is 2.78 bits per heavy atom. The second-order valence-electron chi connectivity index (χ2n) is 6.65. The first kappa shape index (κ1) is 19.9. The first-order valence-electron chi connectivity index (χ1n) is 9.34. The van der Waals surface area contributed by atoms with E-state index >= 15 is 0 Å². The van der Waals surface area contributed by atoms with Gasteiger partial charge in [-0.05, 0) is 52.2 Å². The van der Waals surface area contributed by atoms with Gasteiger partial charge < -0.3 is 15.0 Å². The van der Waals surface area contributed by atoms with E-state index in [1.165, 1.54) is 29.5 Å². The summed E-state index contributed by atoms with van der Waals surface area (Å²) in [5.74, 6) is 1.37. The Morgan fingerprint density at radius 1 is 1.30 bits per heavy atom. The molecule has 1 amide bonds. The van der Waals surface area contributed by atoms with Crippen molar-refractivity contribution in [3.8, 4) is 5.75 Å². The van der Waals surface area contributed by atoms with Crippen LogP contribution < -0.4 is 10.1 Å². The number of benzene rings is 1. The highest BCUT2D eigenvalue weighted by atomic mass is 32.2. The smallest absolute Gasteiger partial charge is 0.233 e. The number of hydrogen-bond donors (Lipinski definition) is 1. The summed E-state index contributed by atoms with van der Waals surface area (Å²) in [4.78, 5) is 14.7. The molecule has 1 fully saturated rings. The van der Waals surface area contributed by atoms with E-state index in [0.29, 0.717) is 29.6 Å². The molecule has 1 aromatic carbocycles. The molecule has 2 aromatic rings. The van der Waals surface area contributed by atoms with Crippen LogP contribution >= 0.6 is 23.1 Å². The Bertz CT molecular complexity index is 758. The number of piperidine rings is 1. The summed E-state index contributed by atoms with van der Waals surface area (Å²) >= 11 is 2.90.